The molecule has 3 rings (SSSR count). The molecule has 0 radical (unpaired) electrons. The fourth-order valence-electron chi connectivity index (χ4n) is 3.03. The third kappa shape index (κ3) is 3.91. The molecule has 0 aliphatic carbocycles. The molecule has 1 heterocycles. The predicted molar refractivity (Wildman–Crippen MR) is 113 cm³/mol. The van der Waals surface area contributed by atoms with Crippen LogP contribution in [0.1, 0.15) is 29.4 Å². The Morgan fingerprint density at radius 3 is 2.42 bits per heavy atom. The Hall–Kier alpha value is -2.33. The van der Waals surface area contributed by atoms with Gasteiger partial charge in [0.1, 0.15) is 5.75 Å². The summed E-state index contributed by atoms with van der Waals surface area (Å²) in [5.74, 6) is 0.893. The van der Waals surface area contributed by atoms with Crippen molar-refractivity contribution < 1.29 is 4.74 Å². The Labute approximate surface area is 163 Å². The lowest BCUT2D eigenvalue weighted by Crippen LogP contribution is -2.00. The van der Waals surface area contributed by atoms with Crippen LogP contribution in [0.3, 0.4) is 0 Å². The summed E-state index contributed by atoms with van der Waals surface area (Å²) in [6.45, 7) is 8.97. The van der Waals surface area contributed by atoms with Gasteiger partial charge in [0, 0.05) is 33.3 Å². The first kappa shape index (κ1) is 18.5. The molecule has 0 unspecified atom stereocenters. The van der Waals surface area contributed by atoms with E-state index in [1.54, 1.807) is 0 Å². The minimum Gasteiger partial charge on any atom is -0.494 e. The highest BCUT2D eigenvalue weighted by molar-refractivity contribution is 9.10. The SMILES string of the molecule is CCOc1ccc(-n2c(C)cc(C=Nc3ccc(C)cc3Br)c2C)cc1. The number of benzene rings is 2. The average Bonchev–Trinajstić information content (AvgIpc) is 2.89. The maximum atomic E-state index is 5.53. The van der Waals surface area contributed by atoms with E-state index in [4.69, 9.17) is 4.74 Å². The number of ether oxygens (including phenoxy) is 1. The van der Waals surface area contributed by atoms with Gasteiger partial charge in [-0.05, 0) is 91.7 Å². The number of aliphatic imine (C=N–C) groups is 1. The van der Waals surface area contributed by atoms with Crippen molar-refractivity contribution in [1.82, 2.24) is 4.57 Å². The molecule has 3 nitrogen and oxygen atoms in total. The van der Waals surface area contributed by atoms with Crippen molar-refractivity contribution in [2.75, 3.05) is 6.61 Å². The predicted octanol–water partition coefficient (Wildman–Crippen LogP) is 6.31. The Bertz CT molecular complexity index is 940. The molecule has 0 saturated heterocycles. The molecule has 0 atom stereocenters. The largest absolute Gasteiger partial charge is 0.494 e. The third-order valence-corrected chi connectivity index (χ3v) is 4.96. The average molecular weight is 411 g/mol. The second-order valence-electron chi connectivity index (χ2n) is 6.30. The summed E-state index contributed by atoms with van der Waals surface area (Å²) >= 11 is 3.58. The molecular formula is C22H23BrN2O. The van der Waals surface area contributed by atoms with E-state index in [0.717, 1.165) is 27.2 Å². The van der Waals surface area contributed by atoms with Crippen LogP contribution in [0.2, 0.25) is 0 Å². The highest BCUT2D eigenvalue weighted by Gasteiger charge is 2.10. The number of aromatic nitrogens is 1. The van der Waals surface area contributed by atoms with Gasteiger partial charge in [-0.3, -0.25) is 4.99 Å². The van der Waals surface area contributed by atoms with Crippen LogP contribution in [0, 0.1) is 20.8 Å². The lowest BCUT2D eigenvalue weighted by atomic mass is 10.2. The minimum absolute atomic E-state index is 0.677. The van der Waals surface area contributed by atoms with Crippen LogP contribution in [-0.4, -0.2) is 17.4 Å². The van der Waals surface area contributed by atoms with Crippen molar-refractivity contribution in [1.29, 1.82) is 0 Å². The van der Waals surface area contributed by atoms with Crippen LogP contribution in [0.5, 0.6) is 5.75 Å². The summed E-state index contributed by atoms with van der Waals surface area (Å²) in [6.07, 6.45) is 1.93. The molecule has 2 aromatic carbocycles. The number of nitrogens with zero attached hydrogens (tertiary/aromatic N) is 2. The lowest BCUT2D eigenvalue weighted by molar-refractivity contribution is 0.340. The molecule has 0 bridgehead atoms. The van der Waals surface area contributed by atoms with E-state index >= 15 is 0 Å². The first-order valence-corrected chi connectivity index (χ1v) is 9.51. The second-order valence-corrected chi connectivity index (χ2v) is 7.16. The fourth-order valence-corrected chi connectivity index (χ4v) is 3.63. The third-order valence-electron chi connectivity index (χ3n) is 4.32. The van der Waals surface area contributed by atoms with Crippen molar-refractivity contribution in [2.24, 2.45) is 4.99 Å². The van der Waals surface area contributed by atoms with Gasteiger partial charge in [-0.25, -0.2) is 0 Å². The maximum absolute atomic E-state index is 5.53. The van der Waals surface area contributed by atoms with Gasteiger partial charge in [0.25, 0.3) is 0 Å². The summed E-state index contributed by atoms with van der Waals surface area (Å²) in [5.41, 5.74) is 6.73. The first-order chi connectivity index (χ1) is 12.5. The summed E-state index contributed by atoms with van der Waals surface area (Å²) in [5, 5.41) is 0. The molecule has 3 aromatic rings. The van der Waals surface area contributed by atoms with Crippen molar-refractivity contribution in [3.63, 3.8) is 0 Å². The molecule has 26 heavy (non-hydrogen) atoms. The van der Waals surface area contributed by atoms with Gasteiger partial charge in [-0.15, -0.1) is 0 Å². The Morgan fingerprint density at radius 2 is 1.77 bits per heavy atom. The molecule has 1 aromatic heterocycles. The normalized spacial score (nSPS) is 11.3. The maximum Gasteiger partial charge on any atom is 0.119 e. The standard InChI is InChI=1S/C22H23BrN2O/c1-5-26-20-9-7-19(8-10-20)25-16(3)13-18(17(25)4)14-24-22-11-6-15(2)12-21(22)23/h6-14H,5H2,1-4H3. The highest BCUT2D eigenvalue weighted by Crippen LogP contribution is 2.27. The van der Waals surface area contributed by atoms with E-state index in [9.17, 15) is 0 Å². The molecular weight excluding hydrogens is 388 g/mol. The zero-order valence-electron chi connectivity index (χ0n) is 15.6. The van der Waals surface area contributed by atoms with Crippen molar-refractivity contribution in [2.45, 2.75) is 27.7 Å². The zero-order chi connectivity index (χ0) is 18.7. The minimum atomic E-state index is 0.677. The quantitative estimate of drug-likeness (QED) is 0.452. The molecule has 0 spiro atoms. The van der Waals surface area contributed by atoms with Gasteiger partial charge in [0.05, 0.1) is 12.3 Å². The summed E-state index contributed by atoms with van der Waals surface area (Å²) in [4.78, 5) is 4.66. The monoisotopic (exact) mass is 410 g/mol. The van der Waals surface area contributed by atoms with E-state index in [0.29, 0.717) is 6.61 Å². The van der Waals surface area contributed by atoms with Gasteiger partial charge < -0.3 is 9.30 Å². The van der Waals surface area contributed by atoms with Crippen LogP contribution in [0.25, 0.3) is 5.69 Å². The van der Waals surface area contributed by atoms with Crippen molar-refractivity contribution in [3.05, 3.63) is 75.5 Å². The van der Waals surface area contributed by atoms with Crippen LogP contribution in [0.15, 0.2) is 58.0 Å². The van der Waals surface area contributed by atoms with E-state index in [2.05, 4.69) is 76.6 Å². The van der Waals surface area contributed by atoms with Crippen molar-refractivity contribution >= 4 is 27.8 Å². The smallest absolute Gasteiger partial charge is 0.119 e. The van der Waals surface area contributed by atoms with E-state index in [-0.39, 0.29) is 0 Å². The van der Waals surface area contributed by atoms with Crippen LogP contribution < -0.4 is 4.74 Å². The van der Waals surface area contributed by atoms with Gasteiger partial charge in [0.2, 0.25) is 0 Å². The number of aryl methyl sites for hydroxylation is 2. The van der Waals surface area contributed by atoms with Gasteiger partial charge in [-0.1, -0.05) is 6.07 Å². The van der Waals surface area contributed by atoms with Crippen LogP contribution in [0.4, 0.5) is 5.69 Å². The van der Waals surface area contributed by atoms with Crippen LogP contribution in [-0.2, 0) is 0 Å². The molecule has 4 heteroatoms. The Morgan fingerprint density at radius 1 is 1.04 bits per heavy atom. The van der Waals surface area contributed by atoms with E-state index < -0.39 is 0 Å². The number of hydrogen-bond donors (Lipinski definition) is 0. The van der Waals surface area contributed by atoms with Gasteiger partial charge in [-0.2, -0.15) is 0 Å². The fraction of sp³-hybridized carbons (Fsp3) is 0.227. The summed E-state index contributed by atoms with van der Waals surface area (Å²) in [7, 11) is 0. The Balaban J connectivity index is 1.91. The topological polar surface area (TPSA) is 26.5 Å². The molecule has 0 aliphatic heterocycles. The highest BCUT2D eigenvalue weighted by atomic mass is 79.9. The van der Waals surface area contributed by atoms with E-state index in [1.807, 2.05) is 31.3 Å². The number of rotatable bonds is 5. The molecule has 0 N–H and O–H groups in total. The molecule has 0 fully saturated rings. The van der Waals surface area contributed by atoms with Crippen molar-refractivity contribution in [3.8, 4) is 11.4 Å². The summed E-state index contributed by atoms with van der Waals surface area (Å²) < 4.78 is 8.78. The van der Waals surface area contributed by atoms with Gasteiger partial charge in [0.15, 0.2) is 0 Å². The summed E-state index contributed by atoms with van der Waals surface area (Å²) in [6, 6.07) is 16.5. The number of hydrogen-bond acceptors (Lipinski definition) is 2. The second kappa shape index (κ2) is 7.92. The number of halogens is 1. The zero-order valence-corrected chi connectivity index (χ0v) is 17.2. The molecule has 134 valence electrons. The molecule has 0 amide bonds. The lowest BCUT2D eigenvalue weighted by Gasteiger charge is -2.11. The van der Waals surface area contributed by atoms with E-state index in [1.165, 1.54) is 17.0 Å². The van der Waals surface area contributed by atoms with Gasteiger partial charge >= 0.3 is 0 Å². The molecule has 0 aliphatic rings. The Kier molecular flexibility index (Phi) is 5.62. The first-order valence-electron chi connectivity index (χ1n) is 8.72. The van der Waals surface area contributed by atoms with Crippen LogP contribution >= 0.6 is 15.9 Å². The molecule has 0 saturated carbocycles.